The van der Waals surface area contributed by atoms with E-state index in [1.54, 1.807) is 24.0 Å². The molecule has 0 aliphatic carbocycles. The monoisotopic (exact) mass is 408 g/mol. The van der Waals surface area contributed by atoms with Crippen molar-refractivity contribution < 1.29 is 27.6 Å². The van der Waals surface area contributed by atoms with Crippen molar-refractivity contribution in [2.24, 2.45) is 0 Å². The van der Waals surface area contributed by atoms with Gasteiger partial charge in [-0.25, -0.2) is 0 Å². The normalized spacial score (nSPS) is 14.8. The van der Waals surface area contributed by atoms with Crippen LogP contribution in [-0.4, -0.2) is 66.1 Å². The Morgan fingerprint density at radius 1 is 1.24 bits per heavy atom. The summed E-state index contributed by atoms with van der Waals surface area (Å²) in [5, 5.41) is 6.38. The molecule has 0 unspecified atom stereocenters. The predicted molar refractivity (Wildman–Crippen MR) is 99.9 cm³/mol. The van der Waals surface area contributed by atoms with Gasteiger partial charge in [-0.05, 0) is 25.1 Å². The molecule has 1 aliphatic heterocycles. The van der Waals surface area contributed by atoms with Gasteiger partial charge in [0.25, 0.3) is 5.91 Å². The Labute approximate surface area is 166 Å². The zero-order chi connectivity index (χ0) is 20.8. The van der Waals surface area contributed by atoms with Crippen LogP contribution in [0.15, 0.2) is 34.9 Å². The third-order valence-corrected chi connectivity index (χ3v) is 4.52. The number of aryl methyl sites for hydroxylation is 1. The highest BCUT2D eigenvalue weighted by Gasteiger charge is 2.23. The minimum atomic E-state index is -2.94. The SMILES string of the molecule is Cc1cc(NC(=O)CCN2CCN(C(=O)c3cccc(OC(F)F)c3)CC2)no1. The molecule has 0 radical (unpaired) electrons. The fraction of sp³-hybridized carbons (Fsp3) is 0.421. The van der Waals surface area contributed by atoms with E-state index >= 15 is 0 Å². The van der Waals surface area contributed by atoms with E-state index in [2.05, 4.69) is 20.1 Å². The van der Waals surface area contributed by atoms with Crippen LogP contribution in [0.1, 0.15) is 22.5 Å². The van der Waals surface area contributed by atoms with Crippen molar-refractivity contribution in [1.29, 1.82) is 0 Å². The maximum atomic E-state index is 12.6. The average Bonchev–Trinajstić information content (AvgIpc) is 3.10. The molecule has 0 bridgehead atoms. The number of anilines is 1. The number of carbonyl (C=O) groups excluding carboxylic acids is 2. The molecule has 2 amide bonds. The number of carbonyl (C=O) groups is 2. The first-order valence-corrected chi connectivity index (χ1v) is 9.20. The Morgan fingerprint density at radius 2 is 2.00 bits per heavy atom. The van der Waals surface area contributed by atoms with Gasteiger partial charge in [-0.15, -0.1) is 0 Å². The lowest BCUT2D eigenvalue weighted by molar-refractivity contribution is -0.116. The summed E-state index contributed by atoms with van der Waals surface area (Å²) < 4.78 is 33.9. The molecule has 1 N–H and O–H groups in total. The molecule has 0 saturated carbocycles. The summed E-state index contributed by atoms with van der Waals surface area (Å²) in [5.74, 6) is 0.572. The molecule has 1 aromatic carbocycles. The van der Waals surface area contributed by atoms with Crippen molar-refractivity contribution in [1.82, 2.24) is 15.0 Å². The average molecular weight is 408 g/mol. The molecule has 2 heterocycles. The summed E-state index contributed by atoms with van der Waals surface area (Å²) in [6.45, 7) is 1.58. The summed E-state index contributed by atoms with van der Waals surface area (Å²) in [4.78, 5) is 28.3. The minimum absolute atomic E-state index is 0.0437. The molecular weight excluding hydrogens is 386 g/mol. The number of piperazine rings is 1. The Bertz CT molecular complexity index is 850. The highest BCUT2D eigenvalue weighted by atomic mass is 19.3. The van der Waals surface area contributed by atoms with E-state index in [1.165, 1.54) is 18.2 Å². The lowest BCUT2D eigenvalue weighted by Gasteiger charge is -2.34. The van der Waals surface area contributed by atoms with E-state index in [9.17, 15) is 18.4 Å². The summed E-state index contributed by atoms with van der Waals surface area (Å²) in [6, 6.07) is 7.42. The van der Waals surface area contributed by atoms with Gasteiger partial charge in [-0.3, -0.25) is 14.5 Å². The molecule has 10 heteroatoms. The number of nitrogens with one attached hydrogen (secondary N) is 1. The van der Waals surface area contributed by atoms with Crippen LogP contribution in [0, 0.1) is 6.92 Å². The maximum absolute atomic E-state index is 12.6. The van der Waals surface area contributed by atoms with Crippen LogP contribution in [-0.2, 0) is 4.79 Å². The highest BCUT2D eigenvalue weighted by Crippen LogP contribution is 2.18. The number of benzene rings is 1. The van der Waals surface area contributed by atoms with Crippen LogP contribution >= 0.6 is 0 Å². The third kappa shape index (κ3) is 5.98. The molecular formula is C19H22F2N4O4. The molecule has 29 heavy (non-hydrogen) atoms. The number of nitrogens with zero attached hydrogens (tertiary/aromatic N) is 3. The Morgan fingerprint density at radius 3 is 2.66 bits per heavy atom. The Balaban J connectivity index is 1.44. The van der Waals surface area contributed by atoms with Crippen molar-refractivity contribution >= 4 is 17.6 Å². The number of hydrogen-bond donors (Lipinski definition) is 1. The van der Waals surface area contributed by atoms with Gasteiger partial charge in [-0.2, -0.15) is 8.78 Å². The molecule has 156 valence electrons. The van der Waals surface area contributed by atoms with E-state index in [-0.39, 0.29) is 17.6 Å². The Kier molecular flexibility index (Phi) is 6.76. The van der Waals surface area contributed by atoms with Crippen molar-refractivity contribution in [2.75, 3.05) is 38.0 Å². The van der Waals surface area contributed by atoms with Crippen LogP contribution in [0.5, 0.6) is 5.75 Å². The van der Waals surface area contributed by atoms with Gasteiger partial charge < -0.3 is 19.5 Å². The van der Waals surface area contributed by atoms with Crippen molar-refractivity contribution in [3.63, 3.8) is 0 Å². The molecule has 3 rings (SSSR count). The van der Waals surface area contributed by atoms with Gasteiger partial charge in [0.15, 0.2) is 5.82 Å². The fourth-order valence-corrected chi connectivity index (χ4v) is 3.05. The highest BCUT2D eigenvalue weighted by molar-refractivity contribution is 5.94. The van der Waals surface area contributed by atoms with Crippen LogP contribution in [0.25, 0.3) is 0 Å². The lowest BCUT2D eigenvalue weighted by Crippen LogP contribution is -2.49. The van der Waals surface area contributed by atoms with Crippen LogP contribution in [0.3, 0.4) is 0 Å². The number of alkyl halides is 2. The van der Waals surface area contributed by atoms with Gasteiger partial charge in [0.05, 0.1) is 0 Å². The fourth-order valence-electron chi connectivity index (χ4n) is 3.05. The summed E-state index contributed by atoms with van der Waals surface area (Å²) in [6.07, 6.45) is 0.298. The smallest absolute Gasteiger partial charge is 0.387 e. The summed E-state index contributed by atoms with van der Waals surface area (Å²) >= 11 is 0. The van der Waals surface area contributed by atoms with Gasteiger partial charge in [0.2, 0.25) is 5.91 Å². The summed E-state index contributed by atoms with van der Waals surface area (Å²) in [7, 11) is 0. The largest absolute Gasteiger partial charge is 0.435 e. The molecule has 1 aliphatic rings. The molecule has 1 saturated heterocycles. The molecule has 8 nitrogen and oxygen atoms in total. The zero-order valence-electron chi connectivity index (χ0n) is 15.9. The molecule has 1 aromatic heterocycles. The van der Waals surface area contributed by atoms with E-state index < -0.39 is 6.61 Å². The van der Waals surface area contributed by atoms with E-state index in [1.807, 2.05) is 0 Å². The second kappa shape index (κ2) is 9.46. The van der Waals surface area contributed by atoms with Crippen molar-refractivity contribution in [3.8, 4) is 5.75 Å². The first-order chi connectivity index (χ1) is 13.9. The number of halogens is 2. The van der Waals surface area contributed by atoms with Crippen LogP contribution in [0.2, 0.25) is 0 Å². The molecule has 2 aromatic rings. The number of amides is 2. The zero-order valence-corrected chi connectivity index (χ0v) is 15.9. The second-order valence-electron chi connectivity index (χ2n) is 6.66. The third-order valence-electron chi connectivity index (χ3n) is 4.52. The number of rotatable bonds is 7. The van der Waals surface area contributed by atoms with E-state index in [0.717, 1.165) is 0 Å². The number of hydrogen-bond acceptors (Lipinski definition) is 6. The van der Waals surface area contributed by atoms with Crippen LogP contribution in [0.4, 0.5) is 14.6 Å². The number of aromatic nitrogens is 1. The quantitative estimate of drug-likeness (QED) is 0.757. The second-order valence-corrected chi connectivity index (χ2v) is 6.66. The predicted octanol–water partition coefficient (Wildman–Crippen LogP) is 2.37. The standard InChI is InChI=1S/C19H22F2N4O4/c1-13-11-16(23-29-13)22-17(26)5-6-24-7-9-25(10-8-24)18(27)14-3-2-4-15(12-14)28-19(20)21/h2-4,11-12,19H,5-10H2,1H3,(H,22,23,26). The van der Waals surface area contributed by atoms with Crippen molar-refractivity contribution in [3.05, 3.63) is 41.7 Å². The molecule has 1 fully saturated rings. The minimum Gasteiger partial charge on any atom is -0.435 e. The van der Waals surface area contributed by atoms with Gasteiger partial charge in [0, 0.05) is 50.8 Å². The van der Waals surface area contributed by atoms with Gasteiger partial charge in [-0.1, -0.05) is 11.2 Å². The molecule has 0 spiro atoms. The van der Waals surface area contributed by atoms with E-state index in [0.29, 0.717) is 56.3 Å². The lowest BCUT2D eigenvalue weighted by atomic mass is 10.1. The number of ether oxygens (including phenoxy) is 1. The maximum Gasteiger partial charge on any atom is 0.387 e. The Hall–Kier alpha value is -3.01. The topological polar surface area (TPSA) is 87.9 Å². The molecule has 0 atom stereocenters. The van der Waals surface area contributed by atoms with Gasteiger partial charge >= 0.3 is 6.61 Å². The van der Waals surface area contributed by atoms with Crippen LogP contribution < -0.4 is 10.1 Å². The van der Waals surface area contributed by atoms with E-state index in [4.69, 9.17) is 4.52 Å². The first-order valence-electron chi connectivity index (χ1n) is 9.20. The summed E-state index contributed by atoms with van der Waals surface area (Å²) in [5.41, 5.74) is 0.305. The first kappa shape index (κ1) is 20.7. The van der Waals surface area contributed by atoms with Gasteiger partial charge in [0.1, 0.15) is 11.5 Å². The van der Waals surface area contributed by atoms with Crippen molar-refractivity contribution in [2.45, 2.75) is 20.0 Å².